The first-order valence-electron chi connectivity index (χ1n) is 7.50. The van der Waals surface area contributed by atoms with Gasteiger partial charge >= 0.3 is 0 Å². The third-order valence-electron chi connectivity index (χ3n) is 3.33. The second kappa shape index (κ2) is 7.15. The molecular weight excluding hydrogens is 335 g/mol. The number of aromatic nitrogens is 2. The molecule has 24 heavy (non-hydrogen) atoms. The number of rotatable bonds is 6. The van der Waals surface area contributed by atoms with Crippen molar-refractivity contribution < 1.29 is 18.3 Å². The maximum absolute atomic E-state index is 13.6. The topological polar surface area (TPSA) is 57.4 Å². The first-order chi connectivity index (χ1) is 11.6. The molecule has 3 rings (SSSR count). The molecule has 0 N–H and O–H groups in total. The average molecular weight is 351 g/mol. The standard InChI is InChI=1S/C17H16ClFN2O3/c1-10(2)22-7-8-23-14-9-11(19)3-4-12(14)15-16-13(5-6-24-16)17(18)21-20-15/h3-6,9-10H,7-8H2,1-2H3. The Balaban J connectivity index is 1.95. The molecular formula is C17H16ClFN2O3. The highest BCUT2D eigenvalue weighted by Crippen LogP contribution is 2.35. The summed E-state index contributed by atoms with van der Waals surface area (Å²) in [5, 5.41) is 8.89. The number of hydrogen-bond acceptors (Lipinski definition) is 5. The Morgan fingerprint density at radius 3 is 2.83 bits per heavy atom. The summed E-state index contributed by atoms with van der Waals surface area (Å²) in [6, 6.07) is 5.91. The van der Waals surface area contributed by atoms with Crippen LogP contribution in [0.3, 0.4) is 0 Å². The zero-order valence-corrected chi connectivity index (χ0v) is 14.0. The summed E-state index contributed by atoms with van der Waals surface area (Å²) in [4.78, 5) is 0. The summed E-state index contributed by atoms with van der Waals surface area (Å²) < 4.78 is 30.2. The van der Waals surface area contributed by atoms with Gasteiger partial charge in [-0.15, -0.1) is 10.2 Å². The van der Waals surface area contributed by atoms with Crippen molar-refractivity contribution in [1.29, 1.82) is 0 Å². The van der Waals surface area contributed by atoms with Gasteiger partial charge < -0.3 is 13.9 Å². The van der Waals surface area contributed by atoms with Gasteiger partial charge in [-0.2, -0.15) is 0 Å². The van der Waals surface area contributed by atoms with E-state index >= 15 is 0 Å². The van der Waals surface area contributed by atoms with Crippen LogP contribution >= 0.6 is 11.6 Å². The van der Waals surface area contributed by atoms with Gasteiger partial charge in [0.2, 0.25) is 0 Å². The van der Waals surface area contributed by atoms with Crippen LogP contribution in [0, 0.1) is 5.82 Å². The molecule has 0 aliphatic carbocycles. The number of hydrogen-bond donors (Lipinski definition) is 0. The van der Waals surface area contributed by atoms with Crippen LogP contribution in [0.15, 0.2) is 34.9 Å². The lowest BCUT2D eigenvalue weighted by Crippen LogP contribution is -2.11. The largest absolute Gasteiger partial charge is 0.490 e. The minimum Gasteiger partial charge on any atom is -0.490 e. The van der Waals surface area contributed by atoms with Gasteiger partial charge in [0.1, 0.15) is 23.9 Å². The van der Waals surface area contributed by atoms with Crippen LogP contribution in [-0.4, -0.2) is 29.5 Å². The van der Waals surface area contributed by atoms with Crippen molar-refractivity contribution in [2.24, 2.45) is 0 Å². The Morgan fingerprint density at radius 2 is 2.04 bits per heavy atom. The van der Waals surface area contributed by atoms with E-state index < -0.39 is 5.82 Å². The van der Waals surface area contributed by atoms with E-state index in [0.717, 1.165) is 0 Å². The Bertz CT molecular complexity index is 851. The normalized spacial score (nSPS) is 11.4. The number of fused-ring (bicyclic) bond motifs is 1. The summed E-state index contributed by atoms with van der Waals surface area (Å²) in [6.07, 6.45) is 1.61. The van der Waals surface area contributed by atoms with Gasteiger partial charge in [0.05, 0.1) is 24.4 Å². The van der Waals surface area contributed by atoms with E-state index in [0.29, 0.717) is 34.6 Å². The van der Waals surface area contributed by atoms with Crippen molar-refractivity contribution in [3.05, 3.63) is 41.5 Å². The lowest BCUT2D eigenvalue weighted by molar-refractivity contribution is 0.0553. The molecule has 3 aromatic rings. The molecule has 126 valence electrons. The maximum Gasteiger partial charge on any atom is 0.165 e. The lowest BCUT2D eigenvalue weighted by atomic mass is 10.1. The van der Waals surface area contributed by atoms with Gasteiger partial charge in [-0.1, -0.05) is 11.6 Å². The predicted molar refractivity (Wildman–Crippen MR) is 88.8 cm³/mol. The van der Waals surface area contributed by atoms with Crippen molar-refractivity contribution in [2.45, 2.75) is 20.0 Å². The van der Waals surface area contributed by atoms with Crippen LogP contribution in [0.2, 0.25) is 5.15 Å². The molecule has 0 fully saturated rings. The van der Waals surface area contributed by atoms with E-state index in [-0.39, 0.29) is 17.9 Å². The Labute approximate surface area is 143 Å². The van der Waals surface area contributed by atoms with Crippen molar-refractivity contribution in [2.75, 3.05) is 13.2 Å². The molecule has 7 heteroatoms. The summed E-state index contributed by atoms with van der Waals surface area (Å²) >= 11 is 6.01. The Kier molecular flexibility index (Phi) is 4.97. The van der Waals surface area contributed by atoms with Gasteiger partial charge in [-0.25, -0.2) is 4.39 Å². The van der Waals surface area contributed by atoms with E-state index in [2.05, 4.69) is 10.2 Å². The number of benzene rings is 1. The highest BCUT2D eigenvalue weighted by atomic mass is 35.5. The van der Waals surface area contributed by atoms with Crippen molar-refractivity contribution in [1.82, 2.24) is 10.2 Å². The molecule has 0 aliphatic rings. The molecule has 2 heterocycles. The van der Waals surface area contributed by atoms with Crippen LogP contribution in [0.25, 0.3) is 22.2 Å². The van der Waals surface area contributed by atoms with E-state index in [1.54, 1.807) is 12.1 Å². The average Bonchev–Trinajstić information content (AvgIpc) is 3.03. The minimum absolute atomic E-state index is 0.102. The number of furan rings is 1. The number of nitrogens with zero attached hydrogens (tertiary/aromatic N) is 2. The number of ether oxygens (including phenoxy) is 2. The van der Waals surface area contributed by atoms with Crippen LogP contribution in [0.1, 0.15) is 13.8 Å². The second-order valence-corrected chi connectivity index (χ2v) is 5.77. The first-order valence-corrected chi connectivity index (χ1v) is 7.87. The van der Waals surface area contributed by atoms with E-state index in [1.807, 2.05) is 13.8 Å². The second-order valence-electron chi connectivity index (χ2n) is 5.41. The van der Waals surface area contributed by atoms with E-state index in [9.17, 15) is 4.39 Å². The summed E-state index contributed by atoms with van der Waals surface area (Å²) in [5.74, 6) is -0.0622. The Hall–Kier alpha value is -2.18. The van der Waals surface area contributed by atoms with Crippen molar-refractivity contribution >= 4 is 22.6 Å². The third kappa shape index (κ3) is 3.49. The van der Waals surface area contributed by atoms with Crippen LogP contribution in [-0.2, 0) is 4.74 Å². The summed E-state index contributed by atoms with van der Waals surface area (Å²) in [6.45, 7) is 4.56. The molecule has 0 bridgehead atoms. The van der Waals surface area contributed by atoms with Crippen molar-refractivity contribution in [3.63, 3.8) is 0 Å². The fraction of sp³-hybridized carbons (Fsp3) is 0.294. The molecule has 0 saturated carbocycles. The molecule has 0 amide bonds. The quantitative estimate of drug-likeness (QED) is 0.613. The maximum atomic E-state index is 13.6. The fourth-order valence-electron chi connectivity index (χ4n) is 2.27. The summed E-state index contributed by atoms with van der Waals surface area (Å²) in [5.41, 5.74) is 1.49. The van der Waals surface area contributed by atoms with E-state index in [4.69, 9.17) is 25.5 Å². The van der Waals surface area contributed by atoms with Crippen molar-refractivity contribution in [3.8, 4) is 17.0 Å². The molecule has 2 aromatic heterocycles. The van der Waals surface area contributed by atoms with E-state index in [1.165, 1.54) is 18.4 Å². The first kappa shape index (κ1) is 16.7. The zero-order valence-electron chi connectivity index (χ0n) is 13.3. The van der Waals surface area contributed by atoms with Gasteiger partial charge in [-0.3, -0.25) is 0 Å². The lowest BCUT2D eigenvalue weighted by Gasteiger charge is -2.13. The van der Waals surface area contributed by atoms with Crippen LogP contribution in [0.4, 0.5) is 4.39 Å². The molecule has 5 nitrogen and oxygen atoms in total. The molecule has 1 aromatic carbocycles. The highest BCUT2D eigenvalue weighted by Gasteiger charge is 2.17. The van der Waals surface area contributed by atoms with Crippen LogP contribution < -0.4 is 4.74 Å². The SMILES string of the molecule is CC(C)OCCOc1cc(F)ccc1-c1nnc(Cl)c2ccoc12. The molecule has 0 atom stereocenters. The van der Waals surface area contributed by atoms with Gasteiger partial charge in [0.25, 0.3) is 0 Å². The summed E-state index contributed by atoms with van der Waals surface area (Å²) in [7, 11) is 0. The van der Waals surface area contributed by atoms with Gasteiger partial charge in [0, 0.05) is 11.6 Å². The fourth-order valence-corrected chi connectivity index (χ4v) is 2.46. The molecule has 0 unspecified atom stereocenters. The predicted octanol–water partition coefficient (Wildman–Crippen LogP) is 4.49. The molecule has 0 saturated heterocycles. The number of halogens is 2. The third-order valence-corrected chi connectivity index (χ3v) is 3.61. The molecule has 0 aliphatic heterocycles. The molecule has 0 radical (unpaired) electrons. The highest BCUT2D eigenvalue weighted by molar-refractivity contribution is 6.34. The Morgan fingerprint density at radius 1 is 1.21 bits per heavy atom. The zero-order chi connectivity index (χ0) is 17.1. The van der Waals surface area contributed by atoms with Gasteiger partial charge in [0.15, 0.2) is 10.7 Å². The monoisotopic (exact) mass is 350 g/mol. The molecule has 0 spiro atoms. The smallest absolute Gasteiger partial charge is 0.165 e. The van der Waals surface area contributed by atoms with Gasteiger partial charge in [-0.05, 0) is 32.0 Å². The minimum atomic E-state index is -0.406. The van der Waals surface area contributed by atoms with Crippen LogP contribution in [0.5, 0.6) is 5.75 Å².